The quantitative estimate of drug-likeness (QED) is 0.876. The lowest BCUT2D eigenvalue weighted by Gasteiger charge is -2.13. The highest BCUT2D eigenvalue weighted by molar-refractivity contribution is 7.09. The van der Waals surface area contributed by atoms with E-state index in [0.717, 1.165) is 24.6 Å². The van der Waals surface area contributed by atoms with E-state index in [2.05, 4.69) is 46.4 Å². The van der Waals surface area contributed by atoms with Gasteiger partial charge in [0, 0.05) is 29.7 Å². The van der Waals surface area contributed by atoms with Gasteiger partial charge in [-0.05, 0) is 0 Å². The summed E-state index contributed by atoms with van der Waals surface area (Å²) in [5, 5.41) is 6.63. The van der Waals surface area contributed by atoms with Crippen molar-refractivity contribution < 1.29 is 0 Å². The van der Waals surface area contributed by atoms with Gasteiger partial charge >= 0.3 is 0 Å². The molecule has 0 aromatic carbocycles. The average Bonchev–Trinajstić information content (AvgIpc) is 2.86. The van der Waals surface area contributed by atoms with Crippen molar-refractivity contribution in [1.29, 1.82) is 0 Å². The van der Waals surface area contributed by atoms with Crippen molar-refractivity contribution >= 4 is 11.3 Å². The molecular weight excluding hydrogens is 232 g/mol. The summed E-state index contributed by atoms with van der Waals surface area (Å²) >= 11 is 1.73. The normalized spacial score (nSPS) is 11.9. The van der Waals surface area contributed by atoms with E-state index in [4.69, 9.17) is 0 Å². The molecule has 17 heavy (non-hydrogen) atoms. The average molecular weight is 250 g/mol. The van der Waals surface area contributed by atoms with Crippen LogP contribution in [0.3, 0.4) is 0 Å². The molecular formula is C12H18N4S. The summed E-state index contributed by atoms with van der Waals surface area (Å²) in [5.74, 6) is 0.955. The smallest absolute Gasteiger partial charge is 0.120 e. The number of hydrogen-bond acceptors (Lipinski definition) is 4. The van der Waals surface area contributed by atoms with Gasteiger partial charge in [0.25, 0.3) is 0 Å². The molecule has 2 aromatic heterocycles. The van der Waals surface area contributed by atoms with E-state index in [1.807, 2.05) is 6.20 Å². The van der Waals surface area contributed by atoms with Crippen LogP contribution in [-0.4, -0.2) is 15.0 Å². The number of thiazole rings is 1. The molecule has 0 radical (unpaired) electrons. The second kappa shape index (κ2) is 4.98. The van der Waals surface area contributed by atoms with E-state index >= 15 is 0 Å². The maximum Gasteiger partial charge on any atom is 0.120 e. The Hall–Kier alpha value is -1.20. The predicted molar refractivity (Wildman–Crippen MR) is 69.9 cm³/mol. The molecule has 4 nitrogen and oxygen atoms in total. The van der Waals surface area contributed by atoms with Crippen LogP contribution in [0.2, 0.25) is 0 Å². The molecule has 0 bridgehead atoms. The summed E-state index contributed by atoms with van der Waals surface area (Å²) in [6.07, 6.45) is 3.59. The molecule has 0 fully saturated rings. The van der Waals surface area contributed by atoms with Gasteiger partial charge in [0.1, 0.15) is 5.82 Å². The van der Waals surface area contributed by atoms with Crippen LogP contribution in [0.1, 0.15) is 37.3 Å². The highest BCUT2D eigenvalue weighted by Gasteiger charge is 2.17. The van der Waals surface area contributed by atoms with Gasteiger partial charge < -0.3 is 10.3 Å². The number of aromatic nitrogens is 3. The van der Waals surface area contributed by atoms with Gasteiger partial charge in [0.05, 0.1) is 17.2 Å². The zero-order chi connectivity index (χ0) is 12.3. The maximum absolute atomic E-state index is 4.63. The van der Waals surface area contributed by atoms with Crippen molar-refractivity contribution in [2.45, 2.75) is 39.3 Å². The number of hydrogen-bond donors (Lipinski definition) is 2. The van der Waals surface area contributed by atoms with Crippen LogP contribution in [0.25, 0.3) is 0 Å². The largest absolute Gasteiger partial charge is 0.348 e. The van der Waals surface area contributed by atoms with Gasteiger partial charge in [0.2, 0.25) is 0 Å². The maximum atomic E-state index is 4.63. The molecule has 2 heterocycles. The third-order valence-corrected chi connectivity index (χ3v) is 3.66. The van der Waals surface area contributed by atoms with Crippen molar-refractivity contribution in [2.75, 3.05) is 0 Å². The van der Waals surface area contributed by atoms with E-state index in [-0.39, 0.29) is 5.41 Å². The Bertz CT molecular complexity index is 453. The van der Waals surface area contributed by atoms with Crippen molar-refractivity contribution in [3.8, 4) is 0 Å². The number of imidazole rings is 1. The molecule has 2 N–H and O–H groups in total. The minimum atomic E-state index is 0.143. The highest BCUT2D eigenvalue weighted by Crippen LogP contribution is 2.25. The number of rotatable bonds is 4. The Morgan fingerprint density at radius 1 is 1.35 bits per heavy atom. The molecule has 0 atom stereocenters. The second-order valence-corrected chi connectivity index (χ2v) is 5.89. The van der Waals surface area contributed by atoms with Gasteiger partial charge in [-0.15, -0.1) is 11.3 Å². The standard InChI is InChI=1S/C12H18N4S/c1-12(2,3)11-16-9(8-17-11)6-13-7-10-14-4-5-15-10/h4-5,8,13H,6-7H2,1-3H3,(H,14,15). The van der Waals surface area contributed by atoms with E-state index in [1.54, 1.807) is 17.5 Å². The van der Waals surface area contributed by atoms with Gasteiger partial charge in [-0.3, -0.25) is 0 Å². The van der Waals surface area contributed by atoms with Crippen LogP contribution in [0.4, 0.5) is 0 Å². The van der Waals surface area contributed by atoms with Crippen LogP contribution in [0, 0.1) is 0 Å². The Kier molecular flexibility index (Phi) is 3.59. The molecule has 0 saturated carbocycles. The molecule has 0 amide bonds. The first-order chi connectivity index (χ1) is 8.05. The van der Waals surface area contributed by atoms with Gasteiger partial charge in [0.15, 0.2) is 0 Å². The molecule has 0 aliphatic rings. The van der Waals surface area contributed by atoms with E-state index in [0.29, 0.717) is 0 Å². The fraction of sp³-hybridized carbons (Fsp3) is 0.500. The minimum absolute atomic E-state index is 0.143. The van der Waals surface area contributed by atoms with E-state index in [9.17, 15) is 0 Å². The summed E-state index contributed by atoms with van der Waals surface area (Å²) in [5.41, 5.74) is 1.25. The lowest BCUT2D eigenvalue weighted by molar-refractivity contribution is 0.578. The molecule has 2 aromatic rings. The molecule has 0 saturated heterocycles. The number of H-pyrrole nitrogens is 1. The fourth-order valence-corrected chi connectivity index (χ4v) is 2.34. The van der Waals surface area contributed by atoms with Crippen LogP contribution >= 0.6 is 11.3 Å². The summed E-state index contributed by atoms with van der Waals surface area (Å²) in [6.45, 7) is 8.09. The first-order valence-electron chi connectivity index (χ1n) is 5.69. The first-order valence-corrected chi connectivity index (χ1v) is 6.57. The zero-order valence-electron chi connectivity index (χ0n) is 10.4. The summed E-state index contributed by atoms with van der Waals surface area (Å²) in [7, 11) is 0. The fourth-order valence-electron chi connectivity index (χ4n) is 1.44. The predicted octanol–water partition coefficient (Wildman–Crippen LogP) is 2.45. The Morgan fingerprint density at radius 2 is 2.18 bits per heavy atom. The SMILES string of the molecule is CC(C)(C)c1nc(CNCc2ncc[nH]2)cs1. The Balaban J connectivity index is 1.85. The van der Waals surface area contributed by atoms with Gasteiger partial charge in [-0.2, -0.15) is 0 Å². The van der Waals surface area contributed by atoms with Gasteiger partial charge in [-0.25, -0.2) is 9.97 Å². The van der Waals surface area contributed by atoms with Crippen molar-refractivity contribution in [3.05, 3.63) is 34.3 Å². The second-order valence-electron chi connectivity index (χ2n) is 5.03. The topological polar surface area (TPSA) is 53.6 Å². The first kappa shape index (κ1) is 12.3. The Morgan fingerprint density at radius 3 is 2.76 bits per heavy atom. The lowest BCUT2D eigenvalue weighted by atomic mass is 9.98. The molecule has 0 aliphatic carbocycles. The van der Waals surface area contributed by atoms with Gasteiger partial charge in [-0.1, -0.05) is 20.8 Å². The molecule has 92 valence electrons. The molecule has 0 spiro atoms. The third kappa shape index (κ3) is 3.38. The number of nitrogens with one attached hydrogen (secondary N) is 2. The minimum Gasteiger partial charge on any atom is -0.348 e. The van der Waals surface area contributed by atoms with Crippen LogP contribution in [-0.2, 0) is 18.5 Å². The molecule has 0 aliphatic heterocycles. The molecule has 0 unspecified atom stereocenters. The monoisotopic (exact) mass is 250 g/mol. The van der Waals surface area contributed by atoms with E-state index in [1.165, 1.54) is 5.01 Å². The summed E-state index contributed by atoms with van der Waals surface area (Å²) in [6, 6.07) is 0. The van der Waals surface area contributed by atoms with Crippen molar-refractivity contribution in [3.63, 3.8) is 0 Å². The highest BCUT2D eigenvalue weighted by atomic mass is 32.1. The Labute approximate surface area is 106 Å². The van der Waals surface area contributed by atoms with Crippen LogP contribution in [0.15, 0.2) is 17.8 Å². The third-order valence-electron chi connectivity index (χ3n) is 2.35. The zero-order valence-corrected chi connectivity index (χ0v) is 11.3. The number of aromatic amines is 1. The molecule has 5 heteroatoms. The molecule has 2 rings (SSSR count). The summed E-state index contributed by atoms with van der Waals surface area (Å²) < 4.78 is 0. The van der Waals surface area contributed by atoms with Crippen LogP contribution < -0.4 is 5.32 Å². The summed E-state index contributed by atoms with van der Waals surface area (Å²) in [4.78, 5) is 11.8. The van der Waals surface area contributed by atoms with Crippen LogP contribution in [0.5, 0.6) is 0 Å². The van der Waals surface area contributed by atoms with E-state index < -0.39 is 0 Å². The van der Waals surface area contributed by atoms with Crippen molar-refractivity contribution in [1.82, 2.24) is 20.3 Å². The number of nitrogens with zero attached hydrogens (tertiary/aromatic N) is 2. The van der Waals surface area contributed by atoms with Crippen molar-refractivity contribution in [2.24, 2.45) is 0 Å². The lowest BCUT2D eigenvalue weighted by Crippen LogP contribution is -2.15.